The zero-order valence-electron chi connectivity index (χ0n) is 20.9. The third kappa shape index (κ3) is 5.51. The molecule has 5 heteroatoms. The minimum absolute atomic E-state index is 0.00717. The van der Waals surface area contributed by atoms with Gasteiger partial charge in [0, 0.05) is 24.2 Å². The molecule has 5 nitrogen and oxygen atoms in total. The predicted molar refractivity (Wildman–Crippen MR) is 136 cm³/mol. The van der Waals surface area contributed by atoms with Gasteiger partial charge in [-0.05, 0) is 62.6 Å². The first kappa shape index (κ1) is 24.4. The number of hydrogen-bond acceptors (Lipinski definition) is 3. The Hall–Kier alpha value is -2.69. The van der Waals surface area contributed by atoms with Gasteiger partial charge in [0.2, 0.25) is 11.8 Å². The summed E-state index contributed by atoms with van der Waals surface area (Å²) in [6.07, 6.45) is 10.1. The molecule has 1 saturated heterocycles. The number of likely N-dealkylation sites (tertiary alicyclic amines) is 1. The minimum atomic E-state index is -0.416. The van der Waals surface area contributed by atoms with Crippen molar-refractivity contribution in [3.05, 3.63) is 53.7 Å². The second-order valence-corrected chi connectivity index (χ2v) is 10.2. The van der Waals surface area contributed by atoms with Crippen molar-refractivity contribution in [1.29, 1.82) is 0 Å². The summed E-state index contributed by atoms with van der Waals surface area (Å²) >= 11 is 0. The molecule has 3 unspecified atom stereocenters. The third-order valence-electron chi connectivity index (χ3n) is 7.80. The average molecular weight is 462 g/mol. The van der Waals surface area contributed by atoms with E-state index in [0.29, 0.717) is 0 Å². The number of aryl methyl sites for hydroxylation is 1. The molecule has 34 heavy (non-hydrogen) atoms. The molecule has 2 heterocycles. The van der Waals surface area contributed by atoms with Crippen LogP contribution in [0.3, 0.4) is 0 Å². The minimum Gasteiger partial charge on any atom is -0.344 e. The zero-order valence-corrected chi connectivity index (χ0v) is 20.9. The lowest BCUT2D eigenvalue weighted by Gasteiger charge is -2.35. The maximum absolute atomic E-state index is 14.0. The first-order valence-corrected chi connectivity index (χ1v) is 13.1. The van der Waals surface area contributed by atoms with Gasteiger partial charge in [0.1, 0.15) is 6.04 Å². The maximum Gasteiger partial charge on any atom is 0.245 e. The fourth-order valence-corrected chi connectivity index (χ4v) is 5.42. The summed E-state index contributed by atoms with van der Waals surface area (Å²) in [5.74, 6) is 0.258. The molecule has 1 saturated carbocycles. The van der Waals surface area contributed by atoms with E-state index in [2.05, 4.69) is 47.6 Å². The lowest BCUT2D eigenvalue weighted by Crippen LogP contribution is -2.53. The molecule has 2 amide bonds. The highest BCUT2D eigenvalue weighted by molar-refractivity contribution is 5.89. The molecule has 2 aliphatic rings. The fraction of sp³-hybridized carbons (Fsp3) is 0.552. The van der Waals surface area contributed by atoms with E-state index in [4.69, 9.17) is 0 Å². The lowest BCUT2D eigenvalue weighted by molar-refractivity contribution is -0.140. The Morgan fingerprint density at radius 1 is 1.06 bits per heavy atom. The van der Waals surface area contributed by atoms with Crippen molar-refractivity contribution in [1.82, 2.24) is 15.2 Å². The molecule has 4 rings (SSSR count). The summed E-state index contributed by atoms with van der Waals surface area (Å²) in [7, 11) is 0. The summed E-state index contributed by atoms with van der Waals surface area (Å²) in [6.45, 7) is 6.79. The normalized spacial score (nSPS) is 20.7. The lowest BCUT2D eigenvalue weighted by atomic mass is 9.83. The molecule has 1 aromatic heterocycles. The van der Waals surface area contributed by atoms with Crippen molar-refractivity contribution in [2.45, 2.75) is 84.2 Å². The Morgan fingerprint density at radius 3 is 2.50 bits per heavy atom. The van der Waals surface area contributed by atoms with E-state index in [9.17, 15) is 9.59 Å². The highest BCUT2D eigenvalue weighted by Crippen LogP contribution is 2.36. The molecular formula is C29H39N3O2. The molecule has 2 aromatic rings. The van der Waals surface area contributed by atoms with Crippen LogP contribution in [0.4, 0.5) is 0 Å². The van der Waals surface area contributed by atoms with Gasteiger partial charge in [0.05, 0.1) is 11.7 Å². The largest absolute Gasteiger partial charge is 0.344 e. The van der Waals surface area contributed by atoms with Crippen LogP contribution < -0.4 is 5.32 Å². The molecule has 1 N–H and O–H groups in total. The molecule has 182 valence electrons. The fourth-order valence-electron chi connectivity index (χ4n) is 5.42. The van der Waals surface area contributed by atoms with Crippen molar-refractivity contribution >= 4 is 11.8 Å². The van der Waals surface area contributed by atoms with Crippen LogP contribution in [0.5, 0.6) is 0 Å². The Balaban J connectivity index is 1.57. The van der Waals surface area contributed by atoms with E-state index < -0.39 is 6.04 Å². The number of hydrogen-bond donors (Lipinski definition) is 1. The predicted octanol–water partition coefficient (Wildman–Crippen LogP) is 5.83. The molecule has 1 aliphatic heterocycles. The highest BCUT2D eigenvalue weighted by Gasteiger charge is 2.39. The van der Waals surface area contributed by atoms with Gasteiger partial charge in [-0.25, -0.2) is 0 Å². The quantitative estimate of drug-likeness (QED) is 0.564. The number of nitrogens with one attached hydrogen (secondary N) is 1. The number of amides is 2. The van der Waals surface area contributed by atoms with Gasteiger partial charge in [0.25, 0.3) is 0 Å². The smallest absolute Gasteiger partial charge is 0.245 e. The summed E-state index contributed by atoms with van der Waals surface area (Å²) in [5, 5.41) is 3.19. The van der Waals surface area contributed by atoms with Gasteiger partial charge in [-0.3, -0.25) is 14.6 Å². The van der Waals surface area contributed by atoms with Gasteiger partial charge in [-0.2, -0.15) is 0 Å². The first-order valence-electron chi connectivity index (χ1n) is 13.1. The Morgan fingerprint density at radius 2 is 1.79 bits per heavy atom. The second-order valence-electron chi connectivity index (χ2n) is 10.2. The van der Waals surface area contributed by atoms with E-state index in [1.807, 2.05) is 31.0 Å². The van der Waals surface area contributed by atoms with Crippen LogP contribution in [0.15, 0.2) is 42.6 Å². The van der Waals surface area contributed by atoms with Crippen LogP contribution in [0.25, 0.3) is 11.3 Å². The standard InChI is InChI=1S/C29H39N3O2/c1-4-21(3)28(33)31-27(23-9-6-5-7-10-23)29(34)32-18-8-11-26(32)24-16-17-30-25(19-24)22-14-12-20(2)13-15-22/h12-17,19,21,23,26-27H,4-11,18H2,1-3H3,(H,31,33). The summed E-state index contributed by atoms with van der Waals surface area (Å²) in [5.41, 5.74) is 4.38. The molecule has 1 aromatic carbocycles. The Kier molecular flexibility index (Phi) is 8.02. The third-order valence-corrected chi connectivity index (χ3v) is 7.80. The van der Waals surface area contributed by atoms with Gasteiger partial charge < -0.3 is 10.2 Å². The van der Waals surface area contributed by atoms with Gasteiger partial charge >= 0.3 is 0 Å². The monoisotopic (exact) mass is 461 g/mol. The number of carbonyl (C=O) groups is 2. The van der Waals surface area contributed by atoms with Crippen LogP contribution in [0.2, 0.25) is 0 Å². The molecule has 2 fully saturated rings. The Bertz CT molecular complexity index is 981. The van der Waals surface area contributed by atoms with Crippen LogP contribution in [-0.2, 0) is 9.59 Å². The van der Waals surface area contributed by atoms with Crippen molar-refractivity contribution in [2.24, 2.45) is 11.8 Å². The van der Waals surface area contributed by atoms with E-state index in [1.54, 1.807) is 0 Å². The first-order chi connectivity index (χ1) is 16.5. The number of pyridine rings is 1. The Labute approximate surface area is 204 Å². The van der Waals surface area contributed by atoms with Crippen molar-refractivity contribution < 1.29 is 9.59 Å². The number of aromatic nitrogens is 1. The van der Waals surface area contributed by atoms with Crippen molar-refractivity contribution in [3.8, 4) is 11.3 Å². The van der Waals surface area contributed by atoms with E-state index in [-0.39, 0.29) is 29.7 Å². The van der Waals surface area contributed by atoms with E-state index in [0.717, 1.165) is 68.3 Å². The number of rotatable bonds is 7. The topological polar surface area (TPSA) is 62.3 Å². The summed E-state index contributed by atoms with van der Waals surface area (Å²) < 4.78 is 0. The SMILES string of the molecule is CCC(C)C(=O)NC(C(=O)N1CCCC1c1ccnc(-c2ccc(C)cc2)c1)C1CCCCC1. The van der Waals surface area contributed by atoms with Crippen molar-refractivity contribution in [2.75, 3.05) is 6.54 Å². The number of carbonyl (C=O) groups excluding carboxylic acids is 2. The highest BCUT2D eigenvalue weighted by atomic mass is 16.2. The van der Waals surface area contributed by atoms with E-state index >= 15 is 0 Å². The van der Waals surface area contributed by atoms with Gasteiger partial charge in [0.15, 0.2) is 0 Å². The second kappa shape index (κ2) is 11.2. The molecule has 3 atom stereocenters. The maximum atomic E-state index is 14.0. The van der Waals surface area contributed by atoms with Gasteiger partial charge in [-0.1, -0.05) is 62.9 Å². The van der Waals surface area contributed by atoms with Crippen LogP contribution in [-0.4, -0.2) is 34.3 Å². The van der Waals surface area contributed by atoms with E-state index in [1.165, 1.54) is 12.0 Å². The number of nitrogens with zero attached hydrogens (tertiary/aromatic N) is 2. The van der Waals surface area contributed by atoms with Crippen LogP contribution in [0, 0.1) is 18.8 Å². The molecular weight excluding hydrogens is 422 g/mol. The van der Waals surface area contributed by atoms with Crippen molar-refractivity contribution in [3.63, 3.8) is 0 Å². The molecule has 0 radical (unpaired) electrons. The van der Waals surface area contributed by atoms with Crippen LogP contribution >= 0.6 is 0 Å². The summed E-state index contributed by atoms with van der Waals surface area (Å²) in [6, 6.07) is 12.2. The van der Waals surface area contributed by atoms with Crippen LogP contribution in [0.1, 0.15) is 82.4 Å². The number of benzene rings is 1. The van der Waals surface area contributed by atoms with Gasteiger partial charge in [-0.15, -0.1) is 0 Å². The zero-order chi connectivity index (χ0) is 24.1. The average Bonchev–Trinajstić information content (AvgIpc) is 3.37. The molecule has 0 spiro atoms. The molecule has 1 aliphatic carbocycles. The summed E-state index contributed by atoms with van der Waals surface area (Å²) in [4.78, 5) is 33.4. The molecule has 0 bridgehead atoms.